The Hall–Kier alpha value is -1.76. The van der Waals surface area contributed by atoms with Gasteiger partial charge in [-0.25, -0.2) is 4.99 Å². The molecule has 1 aliphatic carbocycles. The second-order valence-electron chi connectivity index (χ2n) is 7.10. The number of rotatable bonds is 1. The van der Waals surface area contributed by atoms with Crippen molar-refractivity contribution < 1.29 is 13.2 Å². The second kappa shape index (κ2) is 8.95. The number of thioether (sulfide) groups is 1. The van der Waals surface area contributed by atoms with Crippen LogP contribution in [0.5, 0.6) is 0 Å². The third-order valence-corrected chi connectivity index (χ3v) is 6.16. The van der Waals surface area contributed by atoms with Crippen LogP contribution in [-0.2, 0) is 6.18 Å². The van der Waals surface area contributed by atoms with E-state index in [-0.39, 0.29) is 0 Å². The Kier molecular flexibility index (Phi) is 6.63. The number of aliphatic imine (C=N–C) groups is 2. The van der Waals surface area contributed by atoms with Gasteiger partial charge >= 0.3 is 6.18 Å². The monoisotopic (exact) mass is 395 g/mol. The van der Waals surface area contributed by atoms with E-state index in [1.165, 1.54) is 49.6 Å². The third kappa shape index (κ3) is 5.86. The number of nitrogens with zero attached hydrogens (tertiary/aromatic N) is 2. The van der Waals surface area contributed by atoms with E-state index >= 15 is 0 Å². The molecular formula is C20H24F3N3S. The summed E-state index contributed by atoms with van der Waals surface area (Å²) >= 11 is 1.31. The van der Waals surface area contributed by atoms with E-state index in [4.69, 9.17) is 0 Å². The maximum absolute atomic E-state index is 12.7. The zero-order chi connectivity index (χ0) is 19.2. The Bertz CT molecular complexity index is 702. The lowest BCUT2D eigenvalue weighted by Gasteiger charge is -2.28. The van der Waals surface area contributed by atoms with Crippen molar-refractivity contribution in [2.24, 2.45) is 15.4 Å². The molecule has 3 rings (SSSR count). The maximum atomic E-state index is 12.7. The molecular weight excluding hydrogens is 371 g/mol. The zero-order valence-electron chi connectivity index (χ0n) is 15.1. The van der Waals surface area contributed by atoms with Crippen molar-refractivity contribution in [2.75, 3.05) is 13.1 Å². The minimum absolute atomic E-state index is 0.398. The first-order valence-corrected chi connectivity index (χ1v) is 10.1. The molecule has 0 aromatic heterocycles. The molecule has 1 heterocycles. The fraction of sp³-hybridized carbons (Fsp3) is 0.500. The minimum atomic E-state index is -4.32. The number of hydrogen-bond acceptors (Lipinski definition) is 4. The molecule has 7 heteroatoms. The highest BCUT2D eigenvalue weighted by Crippen LogP contribution is 2.43. The van der Waals surface area contributed by atoms with E-state index in [1.54, 1.807) is 12.4 Å². The molecule has 0 atom stereocenters. The van der Waals surface area contributed by atoms with E-state index in [0.29, 0.717) is 15.4 Å². The van der Waals surface area contributed by atoms with Crippen molar-refractivity contribution in [2.45, 2.75) is 49.6 Å². The molecule has 3 nitrogen and oxygen atoms in total. The van der Waals surface area contributed by atoms with Gasteiger partial charge in [0.05, 0.1) is 11.8 Å². The van der Waals surface area contributed by atoms with E-state index in [1.807, 2.05) is 6.20 Å². The summed E-state index contributed by atoms with van der Waals surface area (Å²) in [5.74, 6) is 0. The van der Waals surface area contributed by atoms with Gasteiger partial charge in [0.15, 0.2) is 0 Å². The normalized spacial score (nSPS) is 24.9. The summed E-state index contributed by atoms with van der Waals surface area (Å²) in [5.41, 5.74) is -0.248. The van der Waals surface area contributed by atoms with Crippen molar-refractivity contribution in [1.29, 1.82) is 0 Å². The Labute approximate surface area is 162 Å². The highest BCUT2D eigenvalue weighted by molar-refractivity contribution is 8.15. The molecule has 1 saturated carbocycles. The first-order valence-electron chi connectivity index (χ1n) is 9.28. The third-order valence-electron chi connectivity index (χ3n) is 5.24. The van der Waals surface area contributed by atoms with Crippen LogP contribution in [0.2, 0.25) is 0 Å². The topological polar surface area (TPSA) is 36.8 Å². The van der Waals surface area contributed by atoms with Crippen LogP contribution in [0, 0.1) is 5.41 Å². The maximum Gasteiger partial charge on any atom is 0.416 e. The van der Waals surface area contributed by atoms with E-state index in [9.17, 15) is 13.2 Å². The van der Waals surface area contributed by atoms with Crippen molar-refractivity contribution in [3.63, 3.8) is 0 Å². The fourth-order valence-electron chi connectivity index (χ4n) is 3.70. The highest BCUT2D eigenvalue weighted by atomic mass is 32.2. The van der Waals surface area contributed by atoms with Crippen molar-refractivity contribution in [3.8, 4) is 0 Å². The molecule has 27 heavy (non-hydrogen) atoms. The molecule has 146 valence electrons. The van der Waals surface area contributed by atoms with Crippen molar-refractivity contribution in [1.82, 2.24) is 5.32 Å². The molecule has 0 bridgehead atoms. The van der Waals surface area contributed by atoms with Gasteiger partial charge in [-0.1, -0.05) is 24.6 Å². The average Bonchev–Trinajstić information content (AvgIpc) is 3.09. The Morgan fingerprint density at radius 3 is 2.44 bits per heavy atom. The molecule has 1 fully saturated rings. The standard InChI is InChI=1S/C20H24F3N3S/c21-20(22,23)16-3-5-17(6-4-16)27-18-15-25-12-10-19(7-1-2-8-19)9-11-24-13-14-26-18/h3-6,13-15,24H,1-2,7-12H2/b14-13+,25-15-,26-18+. The first kappa shape index (κ1) is 20.0. The molecule has 0 amide bonds. The summed E-state index contributed by atoms with van der Waals surface area (Å²) in [4.78, 5) is 9.63. The van der Waals surface area contributed by atoms with Gasteiger partial charge < -0.3 is 5.32 Å². The predicted octanol–water partition coefficient (Wildman–Crippen LogP) is 5.68. The van der Waals surface area contributed by atoms with Crippen LogP contribution in [0.1, 0.15) is 44.1 Å². The van der Waals surface area contributed by atoms with Crippen molar-refractivity contribution in [3.05, 3.63) is 42.2 Å². The molecule has 1 aliphatic heterocycles. The van der Waals surface area contributed by atoms with Crippen LogP contribution < -0.4 is 5.32 Å². The smallest absolute Gasteiger partial charge is 0.390 e. The summed E-state index contributed by atoms with van der Waals surface area (Å²) in [6.45, 7) is 1.69. The second-order valence-corrected chi connectivity index (χ2v) is 8.20. The number of benzene rings is 1. The van der Waals surface area contributed by atoms with Gasteiger partial charge in [0.1, 0.15) is 5.04 Å². The van der Waals surface area contributed by atoms with Gasteiger partial charge in [-0.05, 0) is 55.4 Å². The molecule has 0 unspecified atom stereocenters. The van der Waals surface area contributed by atoms with Crippen LogP contribution in [0.15, 0.2) is 51.5 Å². The number of alkyl halides is 3. The molecule has 1 aromatic carbocycles. The summed E-state index contributed by atoms with van der Waals surface area (Å²) in [6.07, 6.45) is 8.30. The fourth-order valence-corrected chi connectivity index (χ4v) is 4.45. The van der Waals surface area contributed by atoms with Crippen LogP contribution in [0.4, 0.5) is 13.2 Å². The van der Waals surface area contributed by atoms with Crippen LogP contribution in [-0.4, -0.2) is 24.3 Å². The minimum Gasteiger partial charge on any atom is -0.390 e. The first-order chi connectivity index (χ1) is 13.0. The van der Waals surface area contributed by atoms with Gasteiger partial charge in [0.2, 0.25) is 0 Å². The lowest BCUT2D eigenvalue weighted by atomic mass is 9.79. The van der Waals surface area contributed by atoms with Crippen LogP contribution in [0.3, 0.4) is 0 Å². The van der Waals surface area contributed by atoms with Gasteiger partial charge in [-0.15, -0.1) is 0 Å². The Morgan fingerprint density at radius 2 is 1.74 bits per heavy atom. The number of nitrogens with one attached hydrogen (secondary N) is 1. The molecule has 2 aliphatic rings. The lowest BCUT2D eigenvalue weighted by molar-refractivity contribution is -0.137. The summed E-state index contributed by atoms with van der Waals surface area (Å²) in [6, 6.07) is 5.12. The van der Waals surface area contributed by atoms with Crippen LogP contribution in [0.25, 0.3) is 0 Å². The summed E-state index contributed by atoms with van der Waals surface area (Å²) < 4.78 is 38.1. The summed E-state index contributed by atoms with van der Waals surface area (Å²) in [7, 11) is 0. The van der Waals surface area contributed by atoms with Gasteiger partial charge in [-0.3, -0.25) is 4.99 Å². The van der Waals surface area contributed by atoms with E-state index in [0.717, 1.165) is 38.1 Å². The molecule has 1 aromatic rings. The predicted molar refractivity (Wildman–Crippen MR) is 105 cm³/mol. The Balaban J connectivity index is 1.68. The van der Waals surface area contributed by atoms with Crippen LogP contribution >= 0.6 is 11.8 Å². The van der Waals surface area contributed by atoms with E-state index in [2.05, 4.69) is 15.3 Å². The van der Waals surface area contributed by atoms with Gasteiger partial charge in [0.25, 0.3) is 0 Å². The van der Waals surface area contributed by atoms with Crippen molar-refractivity contribution >= 4 is 23.0 Å². The summed E-state index contributed by atoms with van der Waals surface area (Å²) in [5, 5.41) is 3.96. The zero-order valence-corrected chi connectivity index (χ0v) is 16.0. The Morgan fingerprint density at radius 1 is 1.00 bits per heavy atom. The molecule has 1 N–H and O–H groups in total. The molecule has 0 radical (unpaired) electrons. The molecule has 0 saturated heterocycles. The quantitative estimate of drug-likeness (QED) is 0.664. The average molecular weight is 395 g/mol. The number of halogens is 3. The largest absolute Gasteiger partial charge is 0.416 e. The van der Waals surface area contributed by atoms with Gasteiger partial charge in [0, 0.05) is 30.4 Å². The molecule has 1 spiro atoms. The SMILES string of the molecule is FC(F)(F)c1ccc(SC2=N/C=C/NCCC3(CCCC3)CC/N=C\2)cc1. The lowest BCUT2D eigenvalue weighted by Crippen LogP contribution is -2.23. The van der Waals surface area contributed by atoms with E-state index < -0.39 is 11.7 Å². The van der Waals surface area contributed by atoms with Gasteiger partial charge in [-0.2, -0.15) is 13.2 Å². The number of hydrogen-bond donors (Lipinski definition) is 1. The highest BCUT2D eigenvalue weighted by Gasteiger charge is 2.32.